The summed E-state index contributed by atoms with van der Waals surface area (Å²) in [4.78, 5) is 35.7. The van der Waals surface area contributed by atoms with Gasteiger partial charge >= 0.3 is 0 Å². The van der Waals surface area contributed by atoms with Gasteiger partial charge in [-0.15, -0.1) is 0 Å². The summed E-state index contributed by atoms with van der Waals surface area (Å²) in [5, 5.41) is 0.750. The van der Waals surface area contributed by atoms with Crippen LogP contribution in [-0.2, 0) is 6.54 Å². The fraction of sp³-hybridized carbons (Fsp3) is 0.344. The zero-order chi connectivity index (χ0) is 29.8. The van der Waals surface area contributed by atoms with E-state index in [0.717, 1.165) is 42.4 Å². The monoisotopic (exact) mass is 586 g/mol. The van der Waals surface area contributed by atoms with Crippen LogP contribution in [0, 0.1) is 10.7 Å². The number of carbonyl (C=O) groups excluding carboxylic acids is 2. The summed E-state index contributed by atoms with van der Waals surface area (Å²) >= 11 is 5.55. The van der Waals surface area contributed by atoms with Crippen molar-refractivity contribution in [3.05, 3.63) is 70.6 Å². The number of fused-ring (bicyclic) bond motifs is 1. The van der Waals surface area contributed by atoms with Crippen LogP contribution in [0.15, 0.2) is 54.6 Å². The number of H-pyrrole nitrogens is 1. The van der Waals surface area contributed by atoms with E-state index in [0.29, 0.717) is 57.9 Å². The van der Waals surface area contributed by atoms with Crippen molar-refractivity contribution in [2.75, 3.05) is 33.0 Å². The Balaban J connectivity index is 1.25. The molecule has 0 aliphatic carbocycles. The van der Waals surface area contributed by atoms with E-state index in [1.54, 1.807) is 30.9 Å². The van der Waals surface area contributed by atoms with Crippen LogP contribution in [0.25, 0.3) is 22.2 Å². The van der Waals surface area contributed by atoms with E-state index in [9.17, 15) is 9.59 Å². The summed E-state index contributed by atoms with van der Waals surface area (Å²) in [5.74, 6) is 2.29. The number of carbonyl (C=O) groups is 2. The molecule has 0 bridgehead atoms. The molecule has 1 aliphatic heterocycles. The third-order valence-electron chi connectivity index (χ3n) is 7.90. The third kappa shape index (κ3) is 6.13. The number of nitrogen functional groups attached to an aromatic ring is 1. The first kappa shape index (κ1) is 29.2. The van der Waals surface area contributed by atoms with Crippen molar-refractivity contribution in [3.8, 4) is 22.8 Å². The number of ketones is 1. The number of aromatic amines is 1. The Bertz CT molecular complexity index is 1680. The molecule has 1 saturated heterocycles. The number of benzene rings is 2. The maximum atomic E-state index is 13.1. The Morgan fingerprint density at radius 2 is 1.76 bits per heavy atom. The Kier molecular flexibility index (Phi) is 8.82. The van der Waals surface area contributed by atoms with Crippen LogP contribution in [0.2, 0.25) is 0 Å². The average Bonchev–Trinajstić information content (AvgIpc) is 3.02. The lowest BCUT2D eigenvalue weighted by molar-refractivity contribution is -0.691. The van der Waals surface area contributed by atoms with Gasteiger partial charge in [-0.2, -0.15) is 0 Å². The molecule has 0 unspecified atom stereocenters. The van der Waals surface area contributed by atoms with Gasteiger partial charge in [-0.1, -0.05) is 25.1 Å². The number of piperidine rings is 1. The zero-order valence-electron chi connectivity index (χ0n) is 24.2. The van der Waals surface area contributed by atoms with Crippen molar-refractivity contribution in [2.24, 2.45) is 5.92 Å². The maximum absolute atomic E-state index is 13.1. The van der Waals surface area contributed by atoms with Crippen LogP contribution in [-0.4, -0.2) is 53.9 Å². The molecule has 3 N–H and O–H groups in total. The summed E-state index contributed by atoms with van der Waals surface area (Å²) in [6.45, 7) is 4.29. The van der Waals surface area contributed by atoms with Gasteiger partial charge in [-0.25, -0.2) is 9.55 Å². The van der Waals surface area contributed by atoms with Gasteiger partial charge in [0, 0.05) is 42.8 Å². The smallest absolute Gasteiger partial charge is 0.295 e. The van der Waals surface area contributed by atoms with Gasteiger partial charge in [0.15, 0.2) is 17.3 Å². The number of nitrogens with zero attached hydrogens (tertiary/aromatic N) is 3. The molecule has 0 spiro atoms. The van der Waals surface area contributed by atoms with E-state index >= 15 is 0 Å². The standard InChI is InChI=1S/C32H35N5O4S/c1-20-13-16-36(17-14-20)31(39)22-11-9-21(10-12-22)24-6-4-7-25(34-24)27(38)8-5-15-37-30(33)23-18-28(40-2)29(41-3)19-26(23)35-32(37)42/h4,6-7,9-12,18-20H,5,8,13-17H2,1-3H3,(H2,33,35,42)/p+1. The minimum absolute atomic E-state index is 0.0639. The predicted octanol–water partition coefficient (Wildman–Crippen LogP) is 5.38. The number of Topliss-reactive ketones (excluding diaryl/α,β-unsaturated/α-hetero) is 1. The second-order valence-corrected chi connectivity index (χ2v) is 11.1. The van der Waals surface area contributed by atoms with Gasteiger partial charge in [-0.3, -0.25) is 14.6 Å². The van der Waals surface area contributed by atoms with Crippen molar-refractivity contribution in [2.45, 2.75) is 39.2 Å². The van der Waals surface area contributed by atoms with Gasteiger partial charge < -0.3 is 20.1 Å². The molecular weight excluding hydrogens is 550 g/mol. The SMILES string of the molecule is COc1cc2[nH]c(=S)[n+](CCCC(=O)c3cccc(-c4ccc(C(=O)N5CCC(C)CC5)cc4)n3)c(N)c2cc1OC. The first-order valence-corrected chi connectivity index (χ1v) is 14.6. The Morgan fingerprint density at radius 3 is 2.45 bits per heavy atom. The van der Waals surface area contributed by atoms with Crippen LogP contribution in [0.3, 0.4) is 0 Å². The third-order valence-corrected chi connectivity index (χ3v) is 8.22. The fourth-order valence-corrected chi connectivity index (χ4v) is 5.61. The number of rotatable bonds is 9. The second-order valence-electron chi connectivity index (χ2n) is 10.7. The van der Waals surface area contributed by atoms with Gasteiger partial charge in [-0.05, 0) is 61.7 Å². The van der Waals surface area contributed by atoms with E-state index in [-0.39, 0.29) is 18.1 Å². The first-order chi connectivity index (χ1) is 20.3. The van der Waals surface area contributed by atoms with Crippen molar-refractivity contribution in [3.63, 3.8) is 0 Å². The van der Waals surface area contributed by atoms with Crippen LogP contribution < -0.4 is 19.8 Å². The van der Waals surface area contributed by atoms with E-state index in [4.69, 9.17) is 27.4 Å². The minimum atomic E-state index is -0.0655. The number of ether oxygens (including phenoxy) is 2. The van der Waals surface area contributed by atoms with Crippen LogP contribution >= 0.6 is 12.2 Å². The number of likely N-dealkylation sites (tertiary alicyclic amines) is 1. The Labute approximate surface area is 250 Å². The van der Waals surface area contributed by atoms with Gasteiger partial charge in [0.2, 0.25) is 5.82 Å². The van der Waals surface area contributed by atoms with Gasteiger partial charge in [0.1, 0.15) is 11.2 Å². The highest BCUT2D eigenvalue weighted by molar-refractivity contribution is 7.71. The number of nitrogens with one attached hydrogen (secondary N) is 1. The predicted molar refractivity (Wildman–Crippen MR) is 164 cm³/mol. The number of nitrogens with two attached hydrogens (primary N) is 1. The van der Waals surface area contributed by atoms with Crippen molar-refractivity contribution in [1.29, 1.82) is 0 Å². The van der Waals surface area contributed by atoms with E-state index < -0.39 is 0 Å². The van der Waals surface area contributed by atoms with Crippen LogP contribution in [0.5, 0.6) is 11.5 Å². The molecular formula is C32H36N5O4S+. The number of pyridine rings is 1. The molecule has 0 radical (unpaired) electrons. The number of amides is 1. The van der Waals surface area contributed by atoms with Gasteiger partial charge in [0.25, 0.3) is 10.7 Å². The number of aromatic nitrogens is 3. The summed E-state index contributed by atoms with van der Waals surface area (Å²) in [5.41, 5.74) is 9.83. The molecule has 218 valence electrons. The zero-order valence-corrected chi connectivity index (χ0v) is 25.0. The lowest BCUT2D eigenvalue weighted by Gasteiger charge is -2.30. The molecule has 1 amide bonds. The lowest BCUT2D eigenvalue weighted by Crippen LogP contribution is -2.40. The number of hydrogen-bond donors (Lipinski definition) is 2. The molecule has 3 heterocycles. The quantitative estimate of drug-likeness (QED) is 0.154. The molecule has 2 aromatic carbocycles. The second kappa shape index (κ2) is 12.7. The Morgan fingerprint density at radius 1 is 1.07 bits per heavy atom. The highest BCUT2D eigenvalue weighted by atomic mass is 32.1. The molecule has 4 aromatic rings. The molecule has 0 saturated carbocycles. The number of anilines is 1. The van der Waals surface area contributed by atoms with E-state index in [2.05, 4.69) is 16.9 Å². The Hall–Kier alpha value is -4.31. The molecule has 42 heavy (non-hydrogen) atoms. The fourth-order valence-electron chi connectivity index (χ4n) is 5.31. The van der Waals surface area contributed by atoms with Crippen molar-refractivity contribution in [1.82, 2.24) is 14.9 Å². The van der Waals surface area contributed by atoms with E-state index in [1.165, 1.54) is 0 Å². The summed E-state index contributed by atoms with van der Waals surface area (Å²) < 4.78 is 13.0. The highest BCUT2D eigenvalue weighted by Crippen LogP contribution is 2.32. The van der Waals surface area contributed by atoms with Crippen molar-refractivity contribution >= 4 is 40.6 Å². The number of hydrogen-bond acceptors (Lipinski definition) is 7. The molecule has 1 fully saturated rings. The normalized spacial score (nSPS) is 13.7. The van der Waals surface area contributed by atoms with E-state index in [1.807, 2.05) is 47.4 Å². The number of methoxy groups -OCH3 is 2. The first-order valence-electron chi connectivity index (χ1n) is 14.2. The summed E-state index contributed by atoms with van der Waals surface area (Å²) in [6, 6.07) is 16.5. The van der Waals surface area contributed by atoms with Gasteiger partial charge in [0.05, 0.1) is 31.8 Å². The summed E-state index contributed by atoms with van der Waals surface area (Å²) in [6.07, 6.45) is 2.90. The molecule has 1 aliphatic rings. The highest BCUT2D eigenvalue weighted by Gasteiger charge is 2.22. The largest absolute Gasteiger partial charge is 0.493 e. The minimum Gasteiger partial charge on any atom is -0.493 e. The van der Waals surface area contributed by atoms with Crippen LogP contribution in [0.1, 0.15) is 53.5 Å². The average molecular weight is 587 g/mol. The van der Waals surface area contributed by atoms with Crippen LogP contribution in [0.4, 0.5) is 5.82 Å². The molecule has 2 aromatic heterocycles. The topological polar surface area (TPSA) is 114 Å². The molecule has 5 rings (SSSR count). The lowest BCUT2D eigenvalue weighted by atomic mass is 9.98. The molecule has 9 nitrogen and oxygen atoms in total. The molecule has 10 heteroatoms. The molecule has 0 atom stereocenters. The maximum Gasteiger partial charge on any atom is 0.295 e. The van der Waals surface area contributed by atoms with Crippen molar-refractivity contribution < 1.29 is 23.6 Å². The summed E-state index contributed by atoms with van der Waals surface area (Å²) in [7, 11) is 3.14.